The molecule has 2 nitrogen and oxygen atoms in total. The molecule has 0 unspecified atom stereocenters. The SMILES string of the molecule is COc1c(CCC=O)ccc(C)c1C. The summed E-state index contributed by atoms with van der Waals surface area (Å²) >= 11 is 0. The molecule has 76 valence electrons. The Kier molecular flexibility index (Phi) is 3.69. The molecular formula is C12H16O2. The van der Waals surface area contributed by atoms with Crippen LogP contribution in [-0.4, -0.2) is 13.4 Å². The average Bonchev–Trinajstić information content (AvgIpc) is 2.20. The van der Waals surface area contributed by atoms with Crippen molar-refractivity contribution in [3.05, 3.63) is 28.8 Å². The number of aryl methyl sites for hydroxylation is 2. The average molecular weight is 192 g/mol. The van der Waals surface area contributed by atoms with Gasteiger partial charge >= 0.3 is 0 Å². The molecule has 2 heteroatoms. The minimum atomic E-state index is 0.554. The lowest BCUT2D eigenvalue weighted by Gasteiger charge is -2.12. The lowest BCUT2D eigenvalue weighted by atomic mass is 10.0. The fourth-order valence-corrected chi connectivity index (χ4v) is 1.54. The Morgan fingerprint density at radius 1 is 1.36 bits per heavy atom. The summed E-state index contributed by atoms with van der Waals surface area (Å²) in [5.41, 5.74) is 3.50. The van der Waals surface area contributed by atoms with E-state index in [-0.39, 0.29) is 0 Å². The molecule has 0 fully saturated rings. The van der Waals surface area contributed by atoms with Gasteiger partial charge in [0, 0.05) is 6.42 Å². The first-order valence-electron chi connectivity index (χ1n) is 4.77. The molecule has 0 aliphatic carbocycles. The highest BCUT2D eigenvalue weighted by Crippen LogP contribution is 2.26. The van der Waals surface area contributed by atoms with Crippen molar-refractivity contribution in [2.24, 2.45) is 0 Å². The van der Waals surface area contributed by atoms with E-state index in [4.69, 9.17) is 4.74 Å². The number of aldehydes is 1. The van der Waals surface area contributed by atoms with Gasteiger partial charge in [-0.1, -0.05) is 12.1 Å². The lowest BCUT2D eigenvalue weighted by Crippen LogP contribution is -1.97. The Hall–Kier alpha value is -1.31. The maximum absolute atomic E-state index is 10.3. The predicted molar refractivity (Wildman–Crippen MR) is 56.9 cm³/mol. The highest BCUT2D eigenvalue weighted by molar-refractivity contribution is 5.52. The van der Waals surface area contributed by atoms with Gasteiger partial charge in [0.15, 0.2) is 0 Å². The van der Waals surface area contributed by atoms with Gasteiger partial charge in [-0.2, -0.15) is 0 Å². The van der Waals surface area contributed by atoms with E-state index in [1.807, 2.05) is 13.0 Å². The van der Waals surface area contributed by atoms with Crippen molar-refractivity contribution < 1.29 is 9.53 Å². The van der Waals surface area contributed by atoms with Gasteiger partial charge < -0.3 is 9.53 Å². The number of carbonyl (C=O) groups is 1. The Bertz CT molecular complexity index is 329. The smallest absolute Gasteiger partial charge is 0.125 e. The van der Waals surface area contributed by atoms with E-state index in [0.29, 0.717) is 6.42 Å². The summed E-state index contributed by atoms with van der Waals surface area (Å²) in [7, 11) is 1.67. The molecule has 0 saturated heterocycles. The second kappa shape index (κ2) is 4.80. The van der Waals surface area contributed by atoms with Gasteiger partial charge in [-0.05, 0) is 37.0 Å². The van der Waals surface area contributed by atoms with Crippen molar-refractivity contribution in [3.8, 4) is 5.75 Å². The van der Waals surface area contributed by atoms with Gasteiger partial charge in [-0.25, -0.2) is 0 Å². The standard InChI is InChI=1S/C12H16O2/c1-9-6-7-11(5-4-8-13)12(14-3)10(9)2/h6-8H,4-5H2,1-3H3. The summed E-state index contributed by atoms with van der Waals surface area (Å²) in [6, 6.07) is 4.10. The second-order valence-electron chi connectivity index (χ2n) is 3.41. The summed E-state index contributed by atoms with van der Waals surface area (Å²) in [4.78, 5) is 10.3. The first-order valence-corrected chi connectivity index (χ1v) is 4.77. The molecule has 0 aliphatic heterocycles. The molecule has 0 amide bonds. The van der Waals surface area contributed by atoms with Gasteiger partial charge in [0.2, 0.25) is 0 Å². The number of carbonyl (C=O) groups excluding carboxylic acids is 1. The van der Waals surface area contributed by atoms with Crippen molar-refractivity contribution in [3.63, 3.8) is 0 Å². The molecule has 0 aliphatic rings. The fourth-order valence-electron chi connectivity index (χ4n) is 1.54. The molecule has 0 aromatic heterocycles. The van der Waals surface area contributed by atoms with Crippen LogP contribution >= 0.6 is 0 Å². The van der Waals surface area contributed by atoms with Crippen molar-refractivity contribution in [2.75, 3.05) is 7.11 Å². The van der Waals surface area contributed by atoms with Crippen LogP contribution in [0.4, 0.5) is 0 Å². The Labute approximate surface area is 84.9 Å². The number of benzene rings is 1. The van der Waals surface area contributed by atoms with Crippen LogP contribution < -0.4 is 4.74 Å². The van der Waals surface area contributed by atoms with Gasteiger partial charge in [0.1, 0.15) is 12.0 Å². The van der Waals surface area contributed by atoms with Crippen molar-refractivity contribution in [2.45, 2.75) is 26.7 Å². The quantitative estimate of drug-likeness (QED) is 0.685. The minimum absolute atomic E-state index is 0.554. The van der Waals surface area contributed by atoms with E-state index in [2.05, 4.69) is 13.0 Å². The van der Waals surface area contributed by atoms with Gasteiger partial charge in [-0.15, -0.1) is 0 Å². The van der Waals surface area contributed by atoms with E-state index in [0.717, 1.165) is 29.6 Å². The Morgan fingerprint density at radius 3 is 2.64 bits per heavy atom. The third-order valence-electron chi connectivity index (χ3n) is 2.49. The summed E-state index contributed by atoms with van der Waals surface area (Å²) in [6.07, 6.45) is 2.25. The summed E-state index contributed by atoms with van der Waals surface area (Å²) < 4.78 is 5.34. The number of ether oxygens (including phenoxy) is 1. The number of rotatable bonds is 4. The highest BCUT2D eigenvalue weighted by Gasteiger charge is 2.07. The number of methoxy groups -OCH3 is 1. The molecule has 14 heavy (non-hydrogen) atoms. The topological polar surface area (TPSA) is 26.3 Å². The van der Waals surface area contributed by atoms with E-state index in [9.17, 15) is 4.79 Å². The van der Waals surface area contributed by atoms with Crippen LogP contribution in [-0.2, 0) is 11.2 Å². The zero-order valence-electron chi connectivity index (χ0n) is 8.96. The monoisotopic (exact) mass is 192 g/mol. The highest BCUT2D eigenvalue weighted by atomic mass is 16.5. The zero-order valence-corrected chi connectivity index (χ0v) is 8.96. The molecule has 0 N–H and O–H groups in total. The van der Waals surface area contributed by atoms with Crippen LogP contribution in [0, 0.1) is 13.8 Å². The van der Waals surface area contributed by atoms with Crippen LogP contribution in [0.15, 0.2) is 12.1 Å². The van der Waals surface area contributed by atoms with E-state index in [1.54, 1.807) is 7.11 Å². The van der Waals surface area contributed by atoms with E-state index < -0.39 is 0 Å². The van der Waals surface area contributed by atoms with Gasteiger partial charge in [-0.3, -0.25) is 0 Å². The van der Waals surface area contributed by atoms with Crippen LogP contribution in [0.25, 0.3) is 0 Å². The fraction of sp³-hybridized carbons (Fsp3) is 0.417. The molecule has 0 bridgehead atoms. The molecule has 1 rings (SSSR count). The number of hydrogen-bond acceptors (Lipinski definition) is 2. The molecule has 0 heterocycles. The van der Waals surface area contributed by atoms with Crippen molar-refractivity contribution >= 4 is 6.29 Å². The summed E-state index contributed by atoms with van der Waals surface area (Å²) in [6.45, 7) is 4.10. The van der Waals surface area contributed by atoms with E-state index in [1.165, 1.54) is 5.56 Å². The molecular weight excluding hydrogens is 176 g/mol. The van der Waals surface area contributed by atoms with Crippen LogP contribution in [0.2, 0.25) is 0 Å². The minimum Gasteiger partial charge on any atom is -0.496 e. The van der Waals surface area contributed by atoms with E-state index >= 15 is 0 Å². The zero-order chi connectivity index (χ0) is 10.6. The van der Waals surface area contributed by atoms with Gasteiger partial charge in [0.05, 0.1) is 7.11 Å². The normalized spacial score (nSPS) is 9.93. The second-order valence-corrected chi connectivity index (χ2v) is 3.41. The largest absolute Gasteiger partial charge is 0.496 e. The van der Waals surface area contributed by atoms with Crippen molar-refractivity contribution in [1.29, 1.82) is 0 Å². The molecule has 1 aromatic rings. The third kappa shape index (κ3) is 2.13. The molecule has 0 spiro atoms. The van der Waals surface area contributed by atoms with Crippen LogP contribution in [0.5, 0.6) is 5.75 Å². The molecule has 0 atom stereocenters. The Balaban J connectivity index is 3.03. The molecule has 0 radical (unpaired) electrons. The predicted octanol–water partition coefficient (Wildman–Crippen LogP) is 2.44. The Morgan fingerprint density at radius 2 is 2.07 bits per heavy atom. The maximum atomic E-state index is 10.3. The first-order chi connectivity index (χ1) is 6.70. The van der Waals surface area contributed by atoms with Crippen molar-refractivity contribution in [1.82, 2.24) is 0 Å². The maximum Gasteiger partial charge on any atom is 0.125 e. The lowest BCUT2D eigenvalue weighted by molar-refractivity contribution is -0.107. The third-order valence-corrected chi connectivity index (χ3v) is 2.49. The summed E-state index contributed by atoms with van der Waals surface area (Å²) in [5, 5.41) is 0. The number of hydrogen-bond donors (Lipinski definition) is 0. The van der Waals surface area contributed by atoms with Crippen LogP contribution in [0.1, 0.15) is 23.1 Å². The first kappa shape index (κ1) is 10.8. The van der Waals surface area contributed by atoms with Crippen LogP contribution in [0.3, 0.4) is 0 Å². The van der Waals surface area contributed by atoms with Gasteiger partial charge in [0.25, 0.3) is 0 Å². The molecule has 0 saturated carbocycles. The summed E-state index contributed by atoms with van der Waals surface area (Å²) in [5.74, 6) is 0.923. The molecule has 1 aromatic carbocycles.